The Hall–Kier alpha value is -4.15. The fourth-order valence-electron chi connectivity index (χ4n) is 3.23. The Kier molecular flexibility index (Phi) is 6.35. The van der Waals surface area contributed by atoms with Crippen molar-refractivity contribution in [1.29, 1.82) is 0 Å². The van der Waals surface area contributed by atoms with Crippen molar-refractivity contribution in [2.45, 2.75) is 19.0 Å². The highest BCUT2D eigenvalue weighted by Gasteiger charge is 2.31. The number of carbonyl (C=O) groups is 1. The average molecular weight is 470 g/mol. The molecule has 0 atom stereocenters. The van der Waals surface area contributed by atoms with Gasteiger partial charge in [-0.2, -0.15) is 13.2 Å². The molecule has 0 aliphatic heterocycles. The van der Waals surface area contributed by atoms with Crippen molar-refractivity contribution in [2.24, 2.45) is 7.05 Å². The predicted octanol–water partition coefficient (Wildman–Crippen LogP) is 4.20. The second-order valence-corrected chi connectivity index (χ2v) is 7.59. The van der Waals surface area contributed by atoms with E-state index in [1.54, 1.807) is 24.8 Å². The Balaban J connectivity index is 1.41. The van der Waals surface area contributed by atoms with Crippen molar-refractivity contribution in [3.8, 4) is 11.1 Å². The quantitative estimate of drug-likeness (QED) is 0.427. The van der Waals surface area contributed by atoms with E-state index in [0.29, 0.717) is 29.6 Å². The zero-order valence-electron chi connectivity index (χ0n) is 17.8. The van der Waals surface area contributed by atoms with E-state index in [9.17, 15) is 22.4 Å². The van der Waals surface area contributed by atoms with Crippen LogP contribution in [0.15, 0.2) is 61.6 Å². The van der Waals surface area contributed by atoms with Crippen LogP contribution in [0.1, 0.15) is 22.6 Å². The Morgan fingerprint density at radius 2 is 1.79 bits per heavy atom. The van der Waals surface area contributed by atoms with Gasteiger partial charge in [0.15, 0.2) is 0 Å². The molecule has 1 amide bonds. The van der Waals surface area contributed by atoms with Gasteiger partial charge >= 0.3 is 6.18 Å². The van der Waals surface area contributed by atoms with E-state index in [1.807, 2.05) is 17.8 Å². The summed E-state index contributed by atoms with van der Waals surface area (Å²) >= 11 is 0. The Labute approximate surface area is 191 Å². The van der Waals surface area contributed by atoms with Gasteiger partial charge in [-0.05, 0) is 23.3 Å². The molecule has 174 valence electrons. The topological polar surface area (TPSA) is 85.6 Å². The number of amides is 1. The molecular formula is C23H18F4N6O. The third-order valence-electron chi connectivity index (χ3n) is 4.89. The molecule has 3 heterocycles. The number of benzene rings is 1. The lowest BCUT2D eigenvalue weighted by Crippen LogP contribution is -2.16. The van der Waals surface area contributed by atoms with Crippen molar-refractivity contribution in [1.82, 2.24) is 24.5 Å². The van der Waals surface area contributed by atoms with Crippen LogP contribution in [0.3, 0.4) is 0 Å². The normalized spacial score (nSPS) is 11.4. The van der Waals surface area contributed by atoms with Crippen molar-refractivity contribution in [2.75, 3.05) is 5.32 Å². The molecule has 34 heavy (non-hydrogen) atoms. The number of anilines is 1. The number of nitrogens with zero attached hydrogens (tertiary/aromatic N) is 5. The van der Waals surface area contributed by atoms with Crippen LogP contribution in [0.2, 0.25) is 0 Å². The SMILES string of the molecule is Cn1cnc(Cc2ncc(-c3ccc(CC(=O)Nc4cncc(C(F)(F)F)c4)c(F)c3)cn2)c1. The summed E-state index contributed by atoms with van der Waals surface area (Å²) in [7, 11) is 1.87. The molecule has 0 aliphatic rings. The van der Waals surface area contributed by atoms with Gasteiger partial charge in [-0.1, -0.05) is 12.1 Å². The maximum absolute atomic E-state index is 14.6. The van der Waals surface area contributed by atoms with Crippen LogP contribution in [0.25, 0.3) is 11.1 Å². The number of alkyl halides is 3. The van der Waals surface area contributed by atoms with Crippen molar-refractivity contribution >= 4 is 11.6 Å². The molecular weight excluding hydrogens is 452 g/mol. The van der Waals surface area contributed by atoms with Gasteiger partial charge in [-0.3, -0.25) is 9.78 Å². The van der Waals surface area contributed by atoms with Crippen molar-refractivity contribution in [3.63, 3.8) is 0 Å². The summed E-state index contributed by atoms with van der Waals surface area (Å²) in [6.45, 7) is 0. The zero-order valence-corrected chi connectivity index (χ0v) is 17.8. The molecule has 0 radical (unpaired) electrons. The van der Waals surface area contributed by atoms with E-state index in [4.69, 9.17) is 0 Å². The molecule has 0 bridgehead atoms. The summed E-state index contributed by atoms with van der Waals surface area (Å²) < 4.78 is 54.8. The van der Waals surface area contributed by atoms with Gasteiger partial charge in [0, 0.05) is 37.4 Å². The largest absolute Gasteiger partial charge is 0.417 e. The second-order valence-electron chi connectivity index (χ2n) is 7.59. The molecule has 0 saturated carbocycles. The number of rotatable bonds is 6. The number of hydrogen-bond acceptors (Lipinski definition) is 5. The lowest BCUT2D eigenvalue weighted by atomic mass is 10.0. The number of nitrogens with one attached hydrogen (secondary N) is 1. The van der Waals surface area contributed by atoms with Crippen LogP contribution >= 0.6 is 0 Å². The Morgan fingerprint density at radius 1 is 1.03 bits per heavy atom. The molecule has 4 rings (SSSR count). The molecule has 0 saturated heterocycles. The fraction of sp³-hybridized carbons (Fsp3) is 0.174. The maximum Gasteiger partial charge on any atom is 0.417 e. The number of imidazole rings is 1. The van der Waals surface area contributed by atoms with E-state index in [1.165, 1.54) is 12.1 Å². The van der Waals surface area contributed by atoms with Gasteiger partial charge in [0.2, 0.25) is 5.91 Å². The van der Waals surface area contributed by atoms with Crippen LogP contribution in [0.5, 0.6) is 0 Å². The van der Waals surface area contributed by atoms with E-state index in [0.717, 1.165) is 18.0 Å². The number of aryl methyl sites for hydroxylation is 1. The summed E-state index contributed by atoms with van der Waals surface area (Å²) in [5.41, 5.74) is 0.912. The van der Waals surface area contributed by atoms with Crippen LogP contribution in [-0.2, 0) is 30.9 Å². The third-order valence-corrected chi connectivity index (χ3v) is 4.89. The Bertz CT molecular complexity index is 1320. The van der Waals surface area contributed by atoms with Crippen LogP contribution in [-0.4, -0.2) is 30.4 Å². The Morgan fingerprint density at radius 3 is 2.44 bits per heavy atom. The summed E-state index contributed by atoms with van der Waals surface area (Å²) in [6, 6.07) is 5.08. The van der Waals surface area contributed by atoms with E-state index in [2.05, 4.69) is 25.3 Å². The first-order chi connectivity index (χ1) is 16.2. The maximum atomic E-state index is 14.6. The van der Waals surface area contributed by atoms with E-state index >= 15 is 0 Å². The molecule has 11 heteroatoms. The number of aromatic nitrogens is 5. The van der Waals surface area contributed by atoms with Crippen LogP contribution in [0, 0.1) is 5.82 Å². The van der Waals surface area contributed by atoms with E-state index in [-0.39, 0.29) is 17.7 Å². The van der Waals surface area contributed by atoms with Gasteiger partial charge in [0.05, 0.1) is 42.3 Å². The molecule has 3 aromatic heterocycles. The van der Waals surface area contributed by atoms with Gasteiger partial charge in [0.25, 0.3) is 0 Å². The first-order valence-corrected chi connectivity index (χ1v) is 10.1. The second kappa shape index (κ2) is 9.38. The number of hydrogen-bond donors (Lipinski definition) is 1. The smallest absolute Gasteiger partial charge is 0.340 e. The summed E-state index contributed by atoms with van der Waals surface area (Å²) in [4.78, 5) is 28.5. The first kappa shape index (κ1) is 23.0. The molecule has 1 aromatic carbocycles. The molecule has 1 N–H and O–H groups in total. The first-order valence-electron chi connectivity index (χ1n) is 10.1. The molecule has 7 nitrogen and oxygen atoms in total. The van der Waals surface area contributed by atoms with E-state index < -0.39 is 23.5 Å². The third kappa shape index (κ3) is 5.61. The molecule has 0 spiro atoms. The predicted molar refractivity (Wildman–Crippen MR) is 115 cm³/mol. The standard InChI is InChI=1S/C23H18F4N6O/c1-33-12-19(31-13-33)7-21-29-8-16(9-30-21)14-2-3-15(20(24)4-14)5-22(34)32-18-6-17(10-28-11-18)23(25,26)27/h2-4,6,8-13H,5,7H2,1H3,(H,32,34). The number of halogens is 4. The van der Waals surface area contributed by atoms with Gasteiger partial charge in [0.1, 0.15) is 11.6 Å². The minimum Gasteiger partial charge on any atom is -0.340 e. The minimum atomic E-state index is -4.59. The van der Waals surface area contributed by atoms with Gasteiger partial charge in [-0.25, -0.2) is 19.3 Å². The fourth-order valence-corrected chi connectivity index (χ4v) is 3.23. The number of carbonyl (C=O) groups excluding carboxylic acids is 1. The zero-order chi connectivity index (χ0) is 24.3. The summed E-state index contributed by atoms with van der Waals surface area (Å²) in [5.74, 6) is -0.734. The van der Waals surface area contributed by atoms with Crippen molar-refractivity contribution < 1.29 is 22.4 Å². The molecule has 0 unspecified atom stereocenters. The minimum absolute atomic E-state index is 0.0916. The highest BCUT2D eigenvalue weighted by molar-refractivity contribution is 5.92. The van der Waals surface area contributed by atoms with Gasteiger partial charge in [-0.15, -0.1) is 0 Å². The molecule has 0 fully saturated rings. The van der Waals surface area contributed by atoms with Crippen molar-refractivity contribution in [3.05, 3.63) is 90.0 Å². The molecule has 4 aromatic rings. The number of pyridine rings is 1. The summed E-state index contributed by atoms with van der Waals surface area (Å²) in [6.07, 6.45) is 3.96. The monoisotopic (exact) mass is 470 g/mol. The lowest BCUT2D eigenvalue weighted by molar-refractivity contribution is -0.137. The van der Waals surface area contributed by atoms with Crippen LogP contribution < -0.4 is 5.32 Å². The highest BCUT2D eigenvalue weighted by Crippen LogP contribution is 2.30. The van der Waals surface area contributed by atoms with Crippen LogP contribution in [0.4, 0.5) is 23.2 Å². The average Bonchev–Trinajstić information content (AvgIpc) is 3.20. The molecule has 0 aliphatic carbocycles. The highest BCUT2D eigenvalue weighted by atomic mass is 19.4. The van der Waals surface area contributed by atoms with Gasteiger partial charge < -0.3 is 9.88 Å². The lowest BCUT2D eigenvalue weighted by Gasteiger charge is -2.10. The summed E-state index contributed by atoms with van der Waals surface area (Å²) in [5, 5.41) is 2.31.